The second kappa shape index (κ2) is 6.32. The first-order valence-corrected chi connectivity index (χ1v) is 8.22. The Bertz CT molecular complexity index is 779. The van der Waals surface area contributed by atoms with Gasteiger partial charge in [-0.1, -0.05) is 19.1 Å². The molecule has 0 aliphatic heterocycles. The molecule has 2 heterocycles. The van der Waals surface area contributed by atoms with Crippen molar-refractivity contribution in [2.24, 2.45) is 0 Å². The summed E-state index contributed by atoms with van der Waals surface area (Å²) in [6.45, 7) is 2.92. The van der Waals surface area contributed by atoms with Crippen LogP contribution >= 0.6 is 11.3 Å². The average Bonchev–Trinajstić information content (AvgIpc) is 2.97. The molecule has 5 heteroatoms. The summed E-state index contributed by atoms with van der Waals surface area (Å²) in [7, 11) is 4.11. The van der Waals surface area contributed by atoms with Crippen molar-refractivity contribution in [2.45, 2.75) is 19.9 Å². The number of hydrogen-bond donors (Lipinski definition) is 1. The van der Waals surface area contributed by atoms with Crippen LogP contribution in [0.5, 0.6) is 0 Å². The van der Waals surface area contributed by atoms with E-state index in [1.54, 1.807) is 17.7 Å². The van der Waals surface area contributed by atoms with Gasteiger partial charge in [0, 0.05) is 31.2 Å². The summed E-state index contributed by atoms with van der Waals surface area (Å²) in [4.78, 5) is 13.3. The molecule has 0 atom stereocenters. The van der Waals surface area contributed by atoms with Crippen molar-refractivity contribution in [2.75, 3.05) is 24.3 Å². The molecule has 0 radical (unpaired) electrons. The second-order valence-electron chi connectivity index (χ2n) is 5.43. The zero-order valence-electron chi connectivity index (χ0n) is 13.1. The first kappa shape index (κ1) is 14.8. The molecule has 3 rings (SSSR count). The van der Waals surface area contributed by atoms with E-state index in [1.165, 1.54) is 16.1 Å². The molecule has 0 amide bonds. The molecule has 0 unspecified atom stereocenters. The van der Waals surface area contributed by atoms with Crippen LogP contribution in [0.25, 0.3) is 10.2 Å². The molecule has 0 spiro atoms. The van der Waals surface area contributed by atoms with Crippen molar-refractivity contribution < 1.29 is 0 Å². The molecule has 114 valence electrons. The van der Waals surface area contributed by atoms with Gasteiger partial charge in [-0.05, 0) is 30.2 Å². The quantitative estimate of drug-likeness (QED) is 0.775. The number of aromatic nitrogens is 2. The highest BCUT2D eigenvalue weighted by Crippen LogP contribution is 2.28. The Morgan fingerprint density at radius 1 is 1.18 bits per heavy atom. The van der Waals surface area contributed by atoms with E-state index in [1.807, 2.05) is 0 Å². The highest BCUT2D eigenvalue weighted by Gasteiger charge is 2.08. The van der Waals surface area contributed by atoms with Crippen molar-refractivity contribution in [3.8, 4) is 0 Å². The molecule has 0 aliphatic carbocycles. The maximum Gasteiger partial charge on any atom is 0.138 e. The summed E-state index contributed by atoms with van der Waals surface area (Å²) in [5.41, 5.74) is 2.44. The van der Waals surface area contributed by atoms with Crippen molar-refractivity contribution in [1.82, 2.24) is 9.97 Å². The first-order chi connectivity index (χ1) is 10.7. The van der Waals surface area contributed by atoms with Crippen molar-refractivity contribution in [1.29, 1.82) is 0 Å². The van der Waals surface area contributed by atoms with Gasteiger partial charge in [-0.3, -0.25) is 0 Å². The van der Waals surface area contributed by atoms with Crippen LogP contribution in [0.15, 0.2) is 36.7 Å². The van der Waals surface area contributed by atoms with Crippen LogP contribution in [0.2, 0.25) is 0 Å². The Morgan fingerprint density at radius 3 is 2.82 bits per heavy atom. The minimum atomic E-state index is 0.755. The molecule has 1 aromatic carbocycles. The van der Waals surface area contributed by atoms with Crippen LogP contribution in [0, 0.1) is 0 Å². The summed E-state index contributed by atoms with van der Waals surface area (Å²) >= 11 is 1.74. The van der Waals surface area contributed by atoms with Gasteiger partial charge >= 0.3 is 0 Å². The van der Waals surface area contributed by atoms with E-state index in [9.17, 15) is 0 Å². The number of aryl methyl sites for hydroxylation is 1. The minimum Gasteiger partial charge on any atom is -0.378 e. The molecule has 0 aliphatic rings. The third-order valence-electron chi connectivity index (χ3n) is 3.62. The number of thiophene rings is 1. The summed E-state index contributed by atoms with van der Waals surface area (Å²) in [6.07, 6.45) is 2.67. The van der Waals surface area contributed by atoms with Crippen LogP contribution in [-0.2, 0) is 13.0 Å². The lowest BCUT2D eigenvalue weighted by molar-refractivity contribution is 1.08. The van der Waals surface area contributed by atoms with Crippen molar-refractivity contribution in [3.05, 3.63) is 47.1 Å². The zero-order valence-corrected chi connectivity index (χ0v) is 13.9. The van der Waals surface area contributed by atoms with E-state index in [0.717, 1.165) is 29.0 Å². The van der Waals surface area contributed by atoms with Crippen LogP contribution in [0.1, 0.15) is 17.4 Å². The largest absolute Gasteiger partial charge is 0.378 e. The molecule has 2 aromatic heterocycles. The predicted octanol–water partition coefficient (Wildman–Crippen LogP) is 3.93. The van der Waals surface area contributed by atoms with Gasteiger partial charge in [0.25, 0.3) is 0 Å². The van der Waals surface area contributed by atoms with E-state index >= 15 is 0 Å². The predicted molar refractivity (Wildman–Crippen MR) is 94.9 cm³/mol. The monoisotopic (exact) mass is 312 g/mol. The van der Waals surface area contributed by atoms with Crippen molar-refractivity contribution in [3.63, 3.8) is 0 Å². The third-order valence-corrected chi connectivity index (χ3v) is 4.80. The molecular formula is C17H20N4S. The normalized spacial score (nSPS) is 10.9. The van der Waals surface area contributed by atoms with Gasteiger partial charge < -0.3 is 10.2 Å². The third kappa shape index (κ3) is 3.04. The molecule has 4 nitrogen and oxygen atoms in total. The van der Waals surface area contributed by atoms with E-state index in [2.05, 4.69) is 71.5 Å². The molecule has 0 saturated heterocycles. The Morgan fingerprint density at radius 2 is 2.05 bits per heavy atom. The number of benzene rings is 1. The molecule has 0 saturated carbocycles. The lowest BCUT2D eigenvalue weighted by Gasteiger charge is -2.14. The van der Waals surface area contributed by atoms with Gasteiger partial charge in [-0.25, -0.2) is 9.97 Å². The zero-order chi connectivity index (χ0) is 15.5. The van der Waals surface area contributed by atoms with Gasteiger partial charge in [0.05, 0.1) is 5.39 Å². The number of nitrogens with one attached hydrogen (secondary N) is 1. The lowest BCUT2D eigenvalue weighted by atomic mass is 10.2. The molecular weight excluding hydrogens is 292 g/mol. The molecule has 0 bridgehead atoms. The number of anilines is 2. The Labute approximate surface area is 134 Å². The summed E-state index contributed by atoms with van der Waals surface area (Å²) < 4.78 is 0. The number of hydrogen-bond acceptors (Lipinski definition) is 5. The van der Waals surface area contributed by atoms with Crippen LogP contribution in [0.3, 0.4) is 0 Å². The summed E-state index contributed by atoms with van der Waals surface area (Å²) in [5.74, 6) is 0.913. The SMILES string of the molecule is CCc1cc2c(NCc3cccc(N(C)C)c3)ncnc2s1. The fourth-order valence-corrected chi connectivity index (χ4v) is 3.29. The topological polar surface area (TPSA) is 41.0 Å². The lowest BCUT2D eigenvalue weighted by Crippen LogP contribution is -2.09. The standard InChI is InChI=1S/C17H20N4S/c1-4-14-9-15-16(19-11-20-17(15)22-14)18-10-12-6-5-7-13(8-12)21(2)3/h5-9,11H,4,10H2,1-3H3,(H,18,19,20). The first-order valence-electron chi connectivity index (χ1n) is 7.41. The molecule has 1 N–H and O–H groups in total. The number of fused-ring (bicyclic) bond motifs is 1. The van der Waals surface area contributed by atoms with Crippen LogP contribution in [0.4, 0.5) is 11.5 Å². The Balaban J connectivity index is 1.82. The average molecular weight is 312 g/mol. The van der Waals surface area contributed by atoms with Crippen molar-refractivity contribution >= 4 is 33.1 Å². The van der Waals surface area contributed by atoms with E-state index in [4.69, 9.17) is 0 Å². The fourth-order valence-electron chi connectivity index (χ4n) is 2.35. The van der Waals surface area contributed by atoms with Gasteiger partial charge in [-0.2, -0.15) is 0 Å². The fraction of sp³-hybridized carbons (Fsp3) is 0.294. The van der Waals surface area contributed by atoms with E-state index in [0.29, 0.717) is 0 Å². The minimum absolute atomic E-state index is 0.755. The summed E-state index contributed by atoms with van der Waals surface area (Å²) in [5, 5.41) is 4.56. The summed E-state index contributed by atoms with van der Waals surface area (Å²) in [6, 6.07) is 10.7. The van der Waals surface area contributed by atoms with Gasteiger partial charge in [0.15, 0.2) is 0 Å². The molecule has 0 fully saturated rings. The maximum absolute atomic E-state index is 4.40. The molecule has 22 heavy (non-hydrogen) atoms. The highest BCUT2D eigenvalue weighted by molar-refractivity contribution is 7.18. The smallest absolute Gasteiger partial charge is 0.138 e. The number of rotatable bonds is 5. The van der Waals surface area contributed by atoms with E-state index < -0.39 is 0 Å². The Hall–Kier alpha value is -2.14. The highest BCUT2D eigenvalue weighted by atomic mass is 32.1. The number of nitrogens with zero attached hydrogens (tertiary/aromatic N) is 3. The van der Waals surface area contributed by atoms with E-state index in [-0.39, 0.29) is 0 Å². The maximum atomic E-state index is 4.40. The van der Waals surface area contributed by atoms with Gasteiger partial charge in [-0.15, -0.1) is 11.3 Å². The Kier molecular flexibility index (Phi) is 4.24. The molecule has 3 aromatic rings. The van der Waals surface area contributed by atoms with Crippen LogP contribution < -0.4 is 10.2 Å². The van der Waals surface area contributed by atoms with Gasteiger partial charge in [0.1, 0.15) is 17.0 Å². The second-order valence-corrected chi connectivity index (χ2v) is 6.54. The van der Waals surface area contributed by atoms with Gasteiger partial charge in [0.2, 0.25) is 0 Å². The van der Waals surface area contributed by atoms with Crippen LogP contribution in [-0.4, -0.2) is 24.1 Å².